The van der Waals surface area contributed by atoms with Gasteiger partial charge in [0.05, 0.1) is 12.5 Å². The number of benzene rings is 1. The minimum absolute atomic E-state index is 0.293. The Kier molecular flexibility index (Phi) is 3.93. The Labute approximate surface area is 129 Å². The molecule has 2 rings (SSSR count). The number of amides is 2. The lowest BCUT2D eigenvalue weighted by Crippen LogP contribution is -2.64. The lowest BCUT2D eigenvalue weighted by molar-refractivity contribution is -0.134. The molecule has 1 aliphatic heterocycles. The minimum Gasteiger partial charge on any atom is -0.414 e. The fourth-order valence-electron chi connectivity index (χ4n) is 2.68. The van der Waals surface area contributed by atoms with Crippen LogP contribution in [0.5, 0.6) is 0 Å². The Hall–Kier alpha value is -2.05. The summed E-state index contributed by atoms with van der Waals surface area (Å²) in [6.45, 7) is 6.36. The molecule has 2 amide bonds. The topological polar surface area (TPSA) is 69.7 Å². The zero-order valence-electron chi connectivity index (χ0n) is 13.4. The molecule has 0 radical (unpaired) electrons. The smallest absolute Gasteiger partial charge is 0.414 e. The number of imide groups is 1. The van der Waals surface area contributed by atoms with E-state index in [2.05, 4.69) is 0 Å². The number of rotatable bonds is 1. The highest BCUT2D eigenvalue weighted by atomic mass is 16.6. The fourth-order valence-corrected chi connectivity index (χ4v) is 2.68. The number of quaternary nitrogens is 1. The summed E-state index contributed by atoms with van der Waals surface area (Å²) in [6.07, 6.45) is -2.07. The van der Waals surface area contributed by atoms with Crippen LogP contribution in [0.1, 0.15) is 38.1 Å². The second-order valence-electron chi connectivity index (χ2n) is 6.19. The molecule has 0 spiro atoms. The molecule has 0 aliphatic carbocycles. The third-order valence-corrected chi connectivity index (χ3v) is 3.53. The quantitative estimate of drug-likeness (QED) is 0.746. The van der Waals surface area contributed by atoms with Crippen LogP contribution >= 0.6 is 0 Å². The second kappa shape index (κ2) is 5.30. The van der Waals surface area contributed by atoms with Gasteiger partial charge in [-0.15, -0.1) is 0 Å². The van der Waals surface area contributed by atoms with Crippen molar-refractivity contribution in [3.05, 3.63) is 29.8 Å². The van der Waals surface area contributed by atoms with Gasteiger partial charge in [0.1, 0.15) is 5.60 Å². The number of carbonyl (C=O) groups excluding carboxylic acids is 3. The summed E-state index contributed by atoms with van der Waals surface area (Å²) in [5.74, 6) is -0.932. The van der Waals surface area contributed by atoms with E-state index in [4.69, 9.17) is 9.47 Å². The highest BCUT2D eigenvalue weighted by molar-refractivity contribution is 6.21. The maximum Gasteiger partial charge on any atom is 0.532 e. The molecule has 0 N–H and O–H groups in total. The van der Waals surface area contributed by atoms with E-state index in [1.807, 2.05) is 0 Å². The highest BCUT2D eigenvalue weighted by Crippen LogP contribution is 2.41. The van der Waals surface area contributed by atoms with Gasteiger partial charge in [-0.25, -0.2) is 4.79 Å². The predicted octanol–water partition coefficient (Wildman–Crippen LogP) is 2.64. The van der Waals surface area contributed by atoms with Crippen LogP contribution in [0.25, 0.3) is 0 Å². The molecule has 2 unspecified atom stereocenters. The van der Waals surface area contributed by atoms with E-state index in [0.29, 0.717) is 11.3 Å². The van der Waals surface area contributed by atoms with Crippen molar-refractivity contribution in [1.29, 1.82) is 0 Å². The first-order valence-electron chi connectivity index (χ1n) is 6.96. The number of fused-ring (bicyclic) bond motifs is 1. The first-order valence-corrected chi connectivity index (χ1v) is 6.96. The molecular formula is C16H20NO5+. The third kappa shape index (κ3) is 2.24. The molecular weight excluding hydrogens is 286 g/mol. The summed E-state index contributed by atoms with van der Waals surface area (Å²) in [7, 11) is 1.30. The van der Waals surface area contributed by atoms with Crippen LogP contribution in [0.2, 0.25) is 0 Å². The number of para-hydroxylation sites is 1. The molecule has 1 heterocycles. The summed E-state index contributed by atoms with van der Waals surface area (Å²) < 4.78 is 9.72. The lowest BCUT2D eigenvalue weighted by atomic mass is 10.1. The van der Waals surface area contributed by atoms with E-state index in [1.54, 1.807) is 45.0 Å². The van der Waals surface area contributed by atoms with Crippen molar-refractivity contribution in [3.63, 3.8) is 0 Å². The van der Waals surface area contributed by atoms with Gasteiger partial charge in [0.25, 0.3) is 12.0 Å². The molecule has 0 bridgehead atoms. The number of hydrogen-bond acceptors (Lipinski definition) is 5. The first kappa shape index (κ1) is 16.3. The van der Waals surface area contributed by atoms with Crippen molar-refractivity contribution < 1.29 is 23.9 Å². The van der Waals surface area contributed by atoms with Gasteiger partial charge in [-0.3, -0.25) is 4.79 Å². The van der Waals surface area contributed by atoms with E-state index in [9.17, 15) is 14.4 Å². The van der Waals surface area contributed by atoms with Crippen molar-refractivity contribution >= 4 is 23.5 Å². The van der Waals surface area contributed by atoms with Gasteiger partial charge < -0.3 is 9.47 Å². The normalized spacial score (nSPS) is 24.0. The van der Waals surface area contributed by atoms with E-state index >= 15 is 0 Å². The van der Waals surface area contributed by atoms with Crippen LogP contribution < -0.4 is 4.48 Å². The molecule has 6 nitrogen and oxygen atoms in total. The van der Waals surface area contributed by atoms with Crippen molar-refractivity contribution in [2.75, 3.05) is 7.11 Å². The van der Waals surface area contributed by atoms with Crippen molar-refractivity contribution in [2.45, 2.75) is 39.5 Å². The highest BCUT2D eigenvalue weighted by Gasteiger charge is 2.64. The summed E-state index contributed by atoms with van der Waals surface area (Å²) >= 11 is 0. The number of ketones is 1. The van der Waals surface area contributed by atoms with Gasteiger partial charge in [-0.2, -0.15) is 4.79 Å². The van der Waals surface area contributed by atoms with Gasteiger partial charge in [0, 0.05) is 13.2 Å². The molecule has 0 fully saturated rings. The van der Waals surface area contributed by atoms with E-state index < -0.39 is 34.1 Å². The Balaban J connectivity index is 2.70. The molecule has 0 saturated heterocycles. The van der Waals surface area contributed by atoms with Crippen LogP contribution in [0.3, 0.4) is 0 Å². The zero-order chi connectivity index (χ0) is 16.7. The van der Waals surface area contributed by atoms with Gasteiger partial charge >= 0.3 is 12.0 Å². The molecule has 6 heteroatoms. The molecule has 1 aliphatic rings. The number of hydrogen-bond donors (Lipinski definition) is 0. The zero-order valence-corrected chi connectivity index (χ0v) is 13.4. The van der Waals surface area contributed by atoms with Crippen LogP contribution in [0.15, 0.2) is 24.3 Å². The number of methoxy groups -OCH3 is 1. The minimum atomic E-state index is -1.26. The van der Waals surface area contributed by atoms with Crippen LogP contribution in [-0.2, 0) is 14.3 Å². The number of nitrogens with zero attached hydrogens (tertiary/aromatic N) is 1. The van der Waals surface area contributed by atoms with Crippen molar-refractivity contribution in [3.8, 4) is 0 Å². The average Bonchev–Trinajstić information content (AvgIpc) is 2.67. The Morgan fingerprint density at radius 3 is 2.27 bits per heavy atom. The largest absolute Gasteiger partial charge is 0.532 e. The Morgan fingerprint density at radius 1 is 1.18 bits per heavy atom. The molecule has 1 aromatic rings. The molecule has 0 saturated carbocycles. The third-order valence-electron chi connectivity index (χ3n) is 3.53. The van der Waals surface area contributed by atoms with Gasteiger partial charge in [0.2, 0.25) is 0 Å². The van der Waals surface area contributed by atoms with Crippen molar-refractivity contribution in [2.24, 2.45) is 0 Å². The number of Topliss-reactive ketones (excluding diaryl/α,β-unsaturated/α-hetero) is 1. The molecule has 22 heavy (non-hydrogen) atoms. The average molecular weight is 306 g/mol. The Morgan fingerprint density at radius 2 is 1.77 bits per heavy atom. The van der Waals surface area contributed by atoms with Gasteiger partial charge in [0.15, 0.2) is 5.69 Å². The maximum absolute atomic E-state index is 12.8. The first-order chi connectivity index (χ1) is 10.2. The second-order valence-corrected chi connectivity index (χ2v) is 6.19. The van der Waals surface area contributed by atoms with E-state index in [1.165, 1.54) is 14.0 Å². The standard InChI is InChI=1S/C16H20NO5/c1-10(18)17(15(20)22-16(2,3)4)12-9-7-6-8-11(12)13(19)14(17)21-5/h6-9,14H,1-5H3/q+1. The monoisotopic (exact) mass is 306 g/mol. The predicted molar refractivity (Wildman–Crippen MR) is 80.3 cm³/mol. The molecule has 2 atom stereocenters. The molecule has 0 aromatic heterocycles. The van der Waals surface area contributed by atoms with Crippen LogP contribution in [-0.4, -0.2) is 36.7 Å². The number of ether oxygens (including phenoxy) is 2. The maximum atomic E-state index is 12.8. The SMILES string of the molecule is COC1C(=O)c2ccccc2[N+]1(C(C)=O)C(=O)OC(C)(C)C. The van der Waals surface area contributed by atoms with Gasteiger partial charge in [-0.1, -0.05) is 16.6 Å². The Bertz CT molecular complexity index is 646. The summed E-state index contributed by atoms with van der Waals surface area (Å²) in [6, 6.07) is 6.51. The number of carbonyl (C=O) groups is 3. The van der Waals surface area contributed by atoms with Crippen LogP contribution in [0, 0.1) is 0 Å². The van der Waals surface area contributed by atoms with Gasteiger partial charge in [-0.05, 0) is 26.8 Å². The molecule has 1 aromatic carbocycles. The fraction of sp³-hybridized carbons (Fsp3) is 0.438. The molecule has 118 valence electrons. The lowest BCUT2D eigenvalue weighted by Gasteiger charge is -2.32. The summed E-state index contributed by atoms with van der Waals surface area (Å²) in [5.41, 5.74) is -0.201. The summed E-state index contributed by atoms with van der Waals surface area (Å²) in [4.78, 5) is 37.7. The van der Waals surface area contributed by atoms with E-state index in [0.717, 1.165) is 0 Å². The van der Waals surface area contributed by atoms with E-state index in [-0.39, 0.29) is 0 Å². The van der Waals surface area contributed by atoms with Crippen LogP contribution in [0.4, 0.5) is 10.5 Å². The summed E-state index contributed by atoms with van der Waals surface area (Å²) in [5, 5.41) is 0. The van der Waals surface area contributed by atoms with Crippen molar-refractivity contribution in [1.82, 2.24) is 4.48 Å².